The minimum Gasteiger partial charge on any atom is -0.465 e. The Hall–Kier alpha value is -2.98. The van der Waals surface area contributed by atoms with Crippen LogP contribution in [0.4, 0.5) is 0 Å². The smallest absolute Gasteiger partial charge is 0.338 e. The molecule has 1 spiro atoms. The molecule has 208 valence electrons. The lowest BCUT2D eigenvalue weighted by Crippen LogP contribution is -2.79. The van der Waals surface area contributed by atoms with E-state index >= 15 is 0 Å². The zero-order chi connectivity index (χ0) is 28.0. The van der Waals surface area contributed by atoms with Gasteiger partial charge in [0.05, 0.1) is 17.1 Å². The molecule has 1 heterocycles. The molecule has 1 saturated heterocycles. The van der Waals surface area contributed by atoms with E-state index in [-0.39, 0.29) is 11.5 Å². The van der Waals surface area contributed by atoms with Crippen molar-refractivity contribution in [2.45, 2.75) is 90.0 Å². The van der Waals surface area contributed by atoms with E-state index < -0.39 is 77.4 Å². The molecule has 2 saturated carbocycles. The molecule has 0 radical (unpaired) electrons. The number of benzene rings is 1. The summed E-state index contributed by atoms with van der Waals surface area (Å²) in [6, 6.07) is 8.27. The average molecular weight is 533 g/mol. The van der Waals surface area contributed by atoms with Crippen molar-refractivity contribution in [3.8, 4) is 0 Å². The van der Waals surface area contributed by atoms with Crippen LogP contribution in [0.1, 0.15) is 64.7 Å². The van der Waals surface area contributed by atoms with E-state index in [1.807, 2.05) is 6.92 Å². The van der Waals surface area contributed by atoms with Crippen molar-refractivity contribution < 1.29 is 48.0 Å². The lowest BCUT2D eigenvalue weighted by molar-refractivity contribution is -0.313. The number of fused-ring (bicyclic) bond motifs is 1. The number of hydrogen-bond acceptors (Lipinski definition) is 10. The van der Waals surface area contributed by atoms with Gasteiger partial charge in [-0.25, -0.2) is 4.79 Å². The number of aliphatic hydroxyl groups excluding tert-OH is 1. The number of hydrogen-bond donors (Lipinski definition) is 1. The first kappa shape index (κ1) is 28.0. The molecule has 1 N–H and O–H groups in total. The van der Waals surface area contributed by atoms with Gasteiger partial charge in [-0.15, -0.1) is 0 Å². The molecular weight excluding hydrogens is 496 g/mol. The second-order valence-electron chi connectivity index (χ2n) is 11.1. The fourth-order valence-electron chi connectivity index (χ4n) is 7.15. The normalized spacial score (nSPS) is 36.9. The van der Waals surface area contributed by atoms with Crippen LogP contribution in [0, 0.1) is 17.3 Å². The molecule has 1 aliphatic heterocycles. The predicted octanol–water partition coefficient (Wildman–Crippen LogP) is 2.59. The topological polar surface area (TPSA) is 135 Å². The predicted molar refractivity (Wildman–Crippen MR) is 132 cm³/mol. The Morgan fingerprint density at radius 1 is 0.921 bits per heavy atom. The van der Waals surface area contributed by atoms with Crippen LogP contribution in [-0.2, 0) is 38.1 Å². The summed E-state index contributed by atoms with van der Waals surface area (Å²) in [5.74, 6) is -3.66. The first-order valence-electron chi connectivity index (χ1n) is 12.9. The van der Waals surface area contributed by atoms with Crippen molar-refractivity contribution in [3.05, 3.63) is 35.9 Å². The van der Waals surface area contributed by atoms with E-state index in [4.69, 9.17) is 23.7 Å². The largest absolute Gasteiger partial charge is 0.465 e. The molecule has 10 heteroatoms. The van der Waals surface area contributed by atoms with Crippen LogP contribution >= 0.6 is 0 Å². The monoisotopic (exact) mass is 532 g/mol. The van der Waals surface area contributed by atoms with Crippen molar-refractivity contribution in [1.82, 2.24) is 0 Å². The van der Waals surface area contributed by atoms with Gasteiger partial charge in [0, 0.05) is 20.8 Å². The summed E-state index contributed by atoms with van der Waals surface area (Å²) >= 11 is 0. The Bertz CT molecular complexity index is 1100. The van der Waals surface area contributed by atoms with Crippen molar-refractivity contribution in [2.75, 3.05) is 6.61 Å². The van der Waals surface area contributed by atoms with E-state index in [0.29, 0.717) is 12.8 Å². The summed E-state index contributed by atoms with van der Waals surface area (Å²) in [7, 11) is 0. The standard InChI is InChI=1S/C28H36O10/c1-15-12-13-20(35-17(3)30)27(14-34-16(2)29)24(37-25(33)19-10-8-7-9-11-19)22(32)21-23(36-18(4)31)28(15,27)38-26(21,5)6/h7-11,15,20-24,32H,12-14H2,1-6H3. The SMILES string of the molecule is CC(=O)OCC12C(OC(C)=O)CCC(C)C13OC(C)(C)C(C(O)C2OC(=O)c1ccccc1)C3OC(C)=O. The average Bonchev–Trinajstić information content (AvgIpc) is 3.03. The molecule has 0 aromatic heterocycles. The van der Waals surface area contributed by atoms with Crippen molar-refractivity contribution >= 4 is 23.9 Å². The third kappa shape index (κ3) is 4.27. The van der Waals surface area contributed by atoms with Crippen LogP contribution in [0.3, 0.4) is 0 Å². The Morgan fingerprint density at radius 3 is 2.13 bits per heavy atom. The maximum absolute atomic E-state index is 13.4. The number of ether oxygens (including phenoxy) is 5. The van der Waals surface area contributed by atoms with Gasteiger partial charge in [-0.3, -0.25) is 14.4 Å². The maximum atomic E-state index is 13.4. The Labute approximate surface area is 221 Å². The maximum Gasteiger partial charge on any atom is 0.338 e. The van der Waals surface area contributed by atoms with Gasteiger partial charge in [-0.1, -0.05) is 25.1 Å². The van der Waals surface area contributed by atoms with Crippen LogP contribution in [0.5, 0.6) is 0 Å². The molecule has 10 nitrogen and oxygen atoms in total. The third-order valence-corrected chi connectivity index (χ3v) is 8.42. The molecule has 2 bridgehead atoms. The van der Waals surface area contributed by atoms with Gasteiger partial charge in [0.2, 0.25) is 0 Å². The highest BCUT2D eigenvalue weighted by molar-refractivity contribution is 5.89. The minimum atomic E-state index is -1.60. The summed E-state index contributed by atoms with van der Waals surface area (Å²) in [6.45, 7) is 8.79. The summed E-state index contributed by atoms with van der Waals surface area (Å²) in [6.07, 6.45) is -3.92. The number of aliphatic hydroxyl groups is 1. The molecular formula is C28H36O10. The number of carbonyl (C=O) groups excluding carboxylic acids is 4. The van der Waals surface area contributed by atoms with Crippen molar-refractivity contribution in [2.24, 2.45) is 17.3 Å². The highest BCUT2D eigenvalue weighted by Gasteiger charge is 2.83. The molecule has 8 unspecified atom stereocenters. The molecule has 8 atom stereocenters. The first-order chi connectivity index (χ1) is 17.8. The molecule has 1 aromatic carbocycles. The summed E-state index contributed by atoms with van der Waals surface area (Å²) < 4.78 is 30.2. The first-order valence-corrected chi connectivity index (χ1v) is 12.9. The van der Waals surface area contributed by atoms with Crippen LogP contribution in [0.25, 0.3) is 0 Å². The zero-order valence-corrected chi connectivity index (χ0v) is 22.6. The summed E-state index contributed by atoms with van der Waals surface area (Å²) in [5, 5.41) is 11.9. The fraction of sp³-hybridized carbons (Fsp3) is 0.643. The van der Waals surface area contributed by atoms with Gasteiger partial charge in [-0.05, 0) is 44.7 Å². The van der Waals surface area contributed by atoms with E-state index in [9.17, 15) is 24.3 Å². The molecule has 2 aliphatic carbocycles. The van der Waals surface area contributed by atoms with Crippen molar-refractivity contribution in [1.29, 1.82) is 0 Å². The molecule has 1 aromatic rings. The summed E-state index contributed by atoms with van der Waals surface area (Å²) in [5.41, 5.74) is -3.84. The number of carbonyl (C=O) groups is 4. The second kappa shape index (κ2) is 9.96. The Balaban J connectivity index is 1.99. The number of esters is 4. The highest BCUT2D eigenvalue weighted by atomic mass is 16.6. The van der Waals surface area contributed by atoms with Gasteiger partial charge >= 0.3 is 23.9 Å². The van der Waals surface area contributed by atoms with E-state index in [0.717, 1.165) is 0 Å². The molecule has 0 amide bonds. The van der Waals surface area contributed by atoms with Crippen LogP contribution < -0.4 is 0 Å². The quantitative estimate of drug-likeness (QED) is 0.430. The lowest BCUT2D eigenvalue weighted by atomic mass is 9.47. The summed E-state index contributed by atoms with van der Waals surface area (Å²) in [4.78, 5) is 50.3. The Kier molecular flexibility index (Phi) is 7.35. The molecule has 3 fully saturated rings. The molecule has 38 heavy (non-hydrogen) atoms. The zero-order valence-electron chi connectivity index (χ0n) is 22.6. The fourth-order valence-corrected chi connectivity index (χ4v) is 7.15. The van der Waals surface area contributed by atoms with Gasteiger partial charge < -0.3 is 28.8 Å². The van der Waals surface area contributed by atoms with Crippen LogP contribution in [0.2, 0.25) is 0 Å². The van der Waals surface area contributed by atoms with Crippen molar-refractivity contribution in [3.63, 3.8) is 0 Å². The number of rotatable bonds is 6. The second-order valence-corrected chi connectivity index (χ2v) is 11.1. The van der Waals surface area contributed by atoms with Gasteiger partial charge in [-0.2, -0.15) is 0 Å². The molecule has 4 rings (SSSR count). The van der Waals surface area contributed by atoms with Crippen LogP contribution in [0.15, 0.2) is 30.3 Å². The third-order valence-electron chi connectivity index (χ3n) is 8.42. The van der Waals surface area contributed by atoms with E-state index in [1.54, 1.807) is 44.2 Å². The van der Waals surface area contributed by atoms with Crippen LogP contribution in [-0.4, -0.2) is 71.2 Å². The van der Waals surface area contributed by atoms with E-state index in [1.165, 1.54) is 20.8 Å². The minimum absolute atomic E-state index is 0.249. The molecule has 3 aliphatic rings. The van der Waals surface area contributed by atoms with Gasteiger partial charge in [0.1, 0.15) is 42.0 Å². The highest BCUT2D eigenvalue weighted by Crippen LogP contribution is 2.67. The Morgan fingerprint density at radius 2 is 1.55 bits per heavy atom. The van der Waals surface area contributed by atoms with E-state index in [2.05, 4.69) is 0 Å². The lowest BCUT2D eigenvalue weighted by Gasteiger charge is -2.63. The van der Waals surface area contributed by atoms with Gasteiger partial charge in [0.25, 0.3) is 0 Å². The van der Waals surface area contributed by atoms with Gasteiger partial charge in [0.15, 0.2) is 0 Å².